The molecule has 0 bridgehead atoms. The second-order valence-corrected chi connectivity index (χ2v) is 10.4. The molecule has 2 aromatic rings. The number of sulfone groups is 1. The highest BCUT2D eigenvalue weighted by Crippen LogP contribution is 2.14. The van der Waals surface area contributed by atoms with Gasteiger partial charge < -0.3 is 9.80 Å². The zero-order valence-electron chi connectivity index (χ0n) is 14.2. The van der Waals surface area contributed by atoms with Gasteiger partial charge in [0.05, 0.1) is 16.3 Å². The van der Waals surface area contributed by atoms with Crippen molar-refractivity contribution in [2.75, 3.05) is 32.3 Å². The van der Waals surface area contributed by atoms with Crippen molar-refractivity contribution in [2.24, 2.45) is 0 Å². The van der Waals surface area contributed by atoms with Crippen molar-refractivity contribution in [3.63, 3.8) is 0 Å². The summed E-state index contributed by atoms with van der Waals surface area (Å²) in [6, 6.07) is 7.43. The molecule has 10 heteroatoms. The molecule has 2 aromatic heterocycles. The summed E-state index contributed by atoms with van der Waals surface area (Å²) in [6.45, 7) is -0.0466. The van der Waals surface area contributed by atoms with Gasteiger partial charge >= 0.3 is 0 Å². The Morgan fingerprint density at radius 2 is 1.50 bits per heavy atom. The van der Waals surface area contributed by atoms with Crippen molar-refractivity contribution in [1.29, 1.82) is 0 Å². The molecule has 0 saturated carbocycles. The first-order valence-corrected chi connectivity index (χ1v) is 11.9. The summed E-state index contributed by atoms with van der Waals surface area (Å²) in [5.74, 6) is -1.24. The van der Waals surface area contributed by atoms with E-state index >= 15 is 0 Å². The maximum atomic E-state index is 12.3. The fraction of sp³-hybridized carbons (Fsp3) is 0.312. The zero-order chi connectivity index (χ0) is 19.3. The first kappa shape index (κ1) is 21.1. The summed E-state index contributed by atoms with van der Waals surface area (Å²) in [6.07, 6.45) is 0. The Hall–Kier alpha value is -1.20. The number of hydrogen-bond donors (Lipinski definition) is 0. The number of ketones is 1. The summed E-state index contributed by atoms with van der Waals surface area (Å²) in [5, 5.41) is 3.77. The summed E-state index contributed by atoms with van der Waals surface area (Å²) in [5.41, 5.74) is 0. The van der Waals surface area contributed by atoms with Crippen LogP contribution in [0.15, 0.2) is 35.0 Å². The van der Waals surface area contributed by atoms with Crippen LogP contribution in [-0.4, -0.2) is 66.2 Å². The van der Waals surface area contributed by atoms with Crippen LogP contribution in [0.5, 0.6) is 0 Å². The van der Waals surface area contributed by atoms with Gasteiger partial charge in [-0.1, -0.05) is 36.6 Å². The second kappa shape index (κ2) is 9.14. The van der Waals surface area contributed by atoms with Gasteiger partial charge in [0.1, 0.15) is 21.6 Å². The van der Waals surface area contributed by atoms with Crippen LogP contribution in [0, 0.1) is 0 Å². The quantitative estimate of drug-likeness (QED) is 0.578. The lowest BCUT2D eigenvalue weighted by molar-refractivity contribution is -0.116. The third kappa shape index (κ3) is 5.92. The topological polar surface area (TPSA) is 57.7 Å². The number of nitrogens with zero attached hydrogens (tertiary/aromatic N) is 2. The van der Waals surface area contributed by atoms with Crippen LogP contribution in [0.1, 0.15) is 9.75 Å². The second-order valence-electron chi connectivity index (χ2n) is 5.67. The number of hydrogen-bond acceptors (Lipinski definition) is 7. The molecule has 5 nitrogen and oxygen atoms in total. The molecule has 0 N–H and O–H groups in total. The fourth-order valence-electron chi connectivity index (χ4n) is 2.20. The maximum Gasteiger partial charge on any atom is 0.175 e. The summed E-state index contributed by atoms with van der Waals surface area (Å²) in [4.78, 5) is 17.9. The third-order valence-corrected chi connectivity index (χ3v) is 7.96. The molecule has 0 aliphatic rings. The number of carbonyl (C=O) groups excluding carboxylic acids is 1. The molecule has 0 aliphatic carbocycles. The lowest BCUT2D eigenvalue weighted by Crippen LogP contribution is -2.37. The first-order valence-electron chi connectivity index (χ1n) is 7.49. The minimum absolute atomic E-state index is 0.0466. The van der Waals surface area contributed by atoms with Crippen molar-refractivity contribution in [3.05, 3.63) is 44.8 Å². The van der Waals surface area contributed by atoms with E-state index in [0.29, 0.717) is 9.98 Å². The van der Waals surface area contributed by atoms with E-state index in [4.69, 9.17) is 24.4 Å². The van der Waals surface area contributed by atoms with Crippen molar-refractivity contribution >= 4 is 72.7 Å². The van der Waals surface area contributed by atoms with Crippen LogP contribution in [0.25, 0.3) is 0 Å². The van der Waals surface area contributed by atoms with Gasteiger partial charge in [-0.3, -0.25) is 4.79 Å². The third-order valence-electron chi connectivity index (χ3n) is 3.34. The largest absolute Gasteiger partial charge is 0.357 e. The molecular weight excluding hydrogens is 429 g/mol. The van der Waals surface area contributed by atoms with Crippen LogP contribution in [0.4, 0.5) is 0 Å². The Bertz CT molecular complexity index is 873. The van der Waals surface area contributed by atoms with Gasteiger partial charge in [-0.05, 0) is 22.9 Å². The lowest BCUT2D eigenvalue weighted by Gasteiger charge is -2.20. The van der Waals surface area contributed by atoms with Gasteiger partial charge in [0.2, 0.25) is 0 Å². The smallest absolute Gasteiger partial charge is 0.175 e. The van der Waals surface area contributed by atoms with Crippen LogP contribution in [0.3, 0.4) is 0 Å². The fourth-order valence-corrected chi connectivity index (χ4v) is 5.67. The summed E-state index contributed by atoms with van der Waals surface area (Å²) >= 11 is 13.5. The molecule has 0 aromatic carbocycles. The Kier molecular flexibility index (Phi) is 7.42. The van der Waals surface area contributed by atoms with Gasteiger partial charge in [0.15, 0.2) is 15.6 Å². The number of thiocarbonyl (C=S) groups is 2. The molecule has 0 fully saturated rings. The number of rotatable bonds is 8. The number of Topliss-reactive ketones (excluding diaryl/α,β-unsaturated/α-hetero) is 1. The standard InChI is InChI=1S/C16H18N2O3S5/c1-17(15(22)13-5-3-7-24-13)9-12(19)10-26(20,21)11-18(2)16(23)14-6-4-8-25-14/h3-8H,9-11H2,1-2H3. The van der Waals surface area contributed by atoms with Crippen molar-refractivity contribution < 1.29 is 13.2 Å². The lowest BCUT2D eigenvalue weighted by atomic mass is 10.3. The predicted molar refractivity (Wildman–Crippen MR) is 116 cm³/mol. The average molecular weight is 447 g/mol. The van der Waals surface area contributed by atoms with E-state index in [1.54, 1.807) is 19.0 Å². The average Bonchev–Trinajstić information content (AvgIpc) is 3.25. The van der Waals surface area contributed by atoms with E-state index in [9.17, 15) is 13.2 Å². The normalized spacial score (nSPS) is 11.2. The Labute approximate surface area is 172 Å². The molecule has 0 radical (unpaired) electrons. The summed E-state index contributed by atoms with van der Waals surface area (Å²) < 4.78 is 24.7. The van der Waals surface area contributed by atoms with E-state index in [2.05, 4.69) is 0 Å². The molecule has 26 heavy (non-hydrogen) atoms. The molecule has 2 heterocycles. The molecule has 0 saturated heterocycles. The van der Waals surface area contributed by atoms with E-state index in [0.717, 1.165) is 9.75 Å². The van der Waals surface area contributed by atoms with Crippen LogP contribution >= 0.6 is 47.1 Å². The highest BCUT2D eigenvalue weighted by atomic mass is 32.2. The highest BCUT2D eigenvalue weighted by molar-refractivity contribution is 7.92. The van der Waals surface area contributed by atoms with Crippen molar-refractivity contribution in [2.45, 2.75) is 0 Å². The predicted octanol–water partition coefficient (Wildman–Crippen LogP) is 2.67. The van der Waals surface area contributed by atoms with E-state index in [1.165, 1.54) is 27.6 Å². The molecular formula is C16H18N2O3S5. The number of likely N-dealkylation sites (N-methyl/N-ethyl adjacent to an activating group) is 1. The van der Waals surface area contributed by atoms with Gasteiger partial charge in [0, 0.05) is 14.1 Å². The maximum absolute atomic E-state index is 12.3. The zero-order valence-corrected chi connectivity index (χ0v) is 18.3. The van der Waals surface area contributed by atoms with Gasteiger partial charge in [-0.15, -0.1) is 22.7 Å². The minimum Gasteiger partial charge on any atom is -0.357 e. The first-order chi connectivity index (χ1) is 12.2. The van der Waals surface area contributed by atoms with Gasteiger partial charge in [-0.25, -0.2) is 8.42 Å². The minimum atomic E-state index is -3.62. The number of thiophene rings is 2. The van der Waals surface area contributed by atoms with E-state index < -0.39 is 21.4 Å². The van der Waals surface area contributed by atoms with Crippen LogP contribution in [0.2, 0.25) is 0 Å². The van der Waals surface area contributed by atoms with E-state index in [-0.39, 0.29) is 12.4 Å². The van der Waals surface area contributed by atoms with Crippen LogP contribution in [-0.2, 0) is 14.6 Å². The van der Waals surface area contributed by atoms with Crippen molar-refractivity contribution in [3.8, 4) is 0 Å². The summed E-state index contributed by atoms with van der Waals surface area (Å²) in [7, 11) is -0.317. The van der Waals surface area contributed by atoms with E-state index in [1.807, 2.05) is 35.0 Å². The monoisotopic (exact) mass is 446 g/mol. The highest BCUT2D eigenvalue weighted by Gasteiger charge is 2.22. The Morgan fingerprint density at radius 1 is 1.00 bits per heavy atom. The molecule has 0 amide bonds. The molecule has 140 valence electrons. The molecule has 0 unspecified atom stereocenters. The van der Waals surface area contributed by atoms with Gasteiger partial charge in [-0.2, -0.15) is 0 Å². The molecule has 0 spiro atoms. The molecule has 0 aliphatic heterocycles. The Morgan fingerprint density at radius 3 is 1.96 bits per heavy atom. The molecule has 2 rings (SSSR count). The Balaban J connectivity index is 1.90. The molecule has 0 atom stereocenters. The SMILES string of the molecule is CN(CC(=O)CS(=O)(=O)CN(C)C(=S)c1cccs1)C(=S)c1cccs1. The van der Waals surface area contributed by atoms with Gasteiger partial charge in [0.25, 0.3) is 0 Å². The van der Waals surface area contributed by atoms with Crippen molar-refractivity contribution in [1.82, 2.24) is 9.80 Å². The van der Waals surface area contributed by atoms with Crippen LogP contribution < -0.4 is 0 Å². The number of carbonyl (C=O) groups is 1.